The van der Waals surface area contributed by atoms with Gasteiger partial charge in [-0.25, -0.2) is 0 Å². The van der Waals surface area contributed by atoms with Gasteiger partial charge < -0.3 is 0 Å². The summed E-state index contributed by atoms with van der Waals surface area (Å²) in [6.07, 6.45) is 16.2. The molecule has 2 atom stereocenters. The van der Waals surface area contributed by atoms with Crippen LogP contribution in [0.1, 0.15) is 0 Å². The molecule has 3 heteroatoms. The van der Waals surface area contributed by atoms with Crippen molar-refractivity contribution in [3.05, 3.63) is 62.7 Å². The van der Waals surface area contributed by atoms with Gasteiger partial charge >= 0.3 is 0 Å². The molecule has 2 aliphatic carbocycles. The topological polar surface area (TPSA) is 0 Å². The SMILES string of the molecule is P[C]1[CH][CH][CH][CH]1.P[C]1[CH][CH][CH][CH]1.[Fe]. The smallest absolute Gasteiger partial charge is 0.00140 e. The maximum Gasteiger partial charge on any atom is 0.00140 e. The van der Waals surface area contributed by atoms with Crippen LogP contribution in [0.15, 0.2) is 0 Å². The monoisotopic (exact) mass is 250 g/mol. The summed E-state index contributed by atoms with van der Waals surface area (Å²) in [6, 6.07) is 0. The fraction of sp³-hybridized carbons (Fsp3) is 0. The molecule has 13 heavy (non-hydrogen) atoms. The third kappa shape index (κ3) is 7.32. The summed E-state index contributed by atoms with van der Waals surface area (Å²) in [5.74, 6) is 0. The Hall–Kier alpha value is 1.38. The zero-order chi connectivity index (χ0) is 8.81. The zero-order valence-corrected chi connectivity index (χ0v) is 10.5. The fourth-order valence-corrected chi connectivity index (χ4v) is 1.22. The Bertz CT molecular complexity index is 93.5. The summed E-state index contributed by atoms with van der Waals surface area (Å²) >= 11 is 0. The van der Waals surface area contributed by atoms with Crippen LogP contribution in [0.2, 0.25) is 0 Å². The van der Waals surface area contributed by atoms with Crippen LogP contribution in [-0.2, 0) is 17.1 Å². The Morgan fingerprint density at radius 3 is 0.923 bits per heavy atom. The summed E-state index contributed by atoms with van der Waals surface area (Å²) in [6.45, 7) is 0. The van der Waals surface area contributed by atoms with Crippen molar-refractivity contribution in [3.8, 4) is 0 Å². The number of hydrogen-bond donors (Lipinski definition) is 0. The van der Waals surface area contributed by atoms with E-state index in [-0.39, 0.29) is 17.1 Å². The molecule has 2 unspecified atom stereocenters. The zero-order valence-electron chi connectivity index (χ0n) is 7.13. The minimum Gasteiger partial charge on any atom is -0.130 e. The van der Waals surface area contributed by atoms with Gasteiger partial charge in [0.25, 0.3) is 0 Å². The molecule has 2 fully saturated rings. The second-order valence-corrected chi connectivity index (χ2v) is 3.77. The van der Waals surface area contributed by atoms with Gasteiger partial charge in [0.2, 0.25) is 0 Å². The molecule has 0 aromatic heterocycles. The van der Waals surface area contributed by atoms with Crippen LogP contribution in [0.25, 0.3) is 0 Å². The van der Waals surface area contributed by atoms with Crippen LogP contribution < -0.4 is 0 Å². The molecular formula is C10H12FeP2. The molecule has 0 amide bonds. The summed E-state index contributed by atoms with van der Waals surface area (Å²) < 4.78 is 0. The third-order valence-corrected chi connectivity index (χ3v) is 2.15. The van der Waals surface area contributed by atoms with Gasteiger partial charge in [0.05, 0.1) is 0 Å². The minimum absolute atomic E-state index is 0. The summed E-state index contributed by atoms with van der Waals surface area (Å²) in [5.41, 5.74) is 2.52. The Labute approximate surface area is 98.3 Å². The third-order valence-electron chi connectivity index (χ3n) is 1.38. The molecule has 2 saturated carbocycles. The number of rotatable bonds is 0. The average molecular weight is 250 g/mol. The van der Waals surface area contributed by atoms with E-state index in [1.54, 1.807) is 0 Å². The summed E-state index contributed by atoms with van der Waals surface area (Å²) in [5, 5.41) is 0. The van der Waals surface area contributed by atoms with Crippen molar-refractivity contribution in [2.24, 2.45) is 0 Å². The molecular weight excluding hydrogens is 238 g/mol. The molecule has 0 aliphatic heterocycles. The second kappa shape index (κ2) is 8.67. The van der Waals surface area contributed by atoms with Crippen molar-refractivity contribution in [1.82, 2.24) is 0 Å². The van der Waals surface area contributed by atoms with Gasteiger partial charge in [-0.1, -0.05) is 0 Å². The van der Waals surface area contributed by atoms with Gasteiger partial charge in [0.1, 0.15) is 0 Å². The number of hydrogen-bond acceptors (Lipinski definition) is 0. The predicted molar refractivity (Wildman–Crippen MR) is 60.3 cm³/mol. The van der Waals surface area contributed by atoms with Crippen molar-refractivity contribution in [2.45, 2.75) is 0 Å². The molecule has 0 saturated heterocycles. The maximum absolute atomic E-state index is 2.62. The molecule has 70 valence electrons. The molecule has 2 rings (SSSR count). The van der Waals surface area contributed by atoms with Crippen molar-refractivity contribution >= 4 is 18.5 Å². The van der Waals surface area contributed by atoms with Crippen molar-refractivity contribution in [2.75, 3.05) is 0 Å². The Kier molecular flexibility index (Phi) is 9.59. The largest absolute Gasteiger partial charge is 0.130 e. The van der Waals surface area contributed by atoms with Crippen LogP contribution in [0.5, 0.6) is 0 Å². The van der Waals surface area contributed by atoms with E-state index in [0.717, 1.165) is 0 Å². The van der Waals surface area contributed by atoms with Crippen molar-refractivity contribution in [3.63, 3.8) is 0 Å². The van der Waals surface area contributed by atoms with E-state index in [4.69, 9.17) is 0 Å². The van der Waals surface area contributed by atoms with Crippen molar-refractivity contribution in [1.29, 1.82) is 0 Å². The first-order valence-electron chi connectivity index (χ1n) is 3.73. The van der Waals surface area contributed by atoms with Gasteiger partial charge in [-0.3, -0.25) is 0 Å². The molecule has 2 aliphatic rings. The molecule has 0 nitrogen and oxygen atoms in total. The van der Waals surface area contributed by atoms with Crippen LogP contribution in [0.4, 0.5) is 0 Å². The standard InChI is InChI=1S/2C5H6P.Fe/c2*6-5-3-1-2-4-5;/h2*1-4H,6H2;. The maximum atomic E-state index is 2.62. The van der Waals surface area contributed by atoms with Gasteiger partial charge in [0.15, 0.2) is 0 Å². The summed E-state index contributed by atoms with van der Waals surface area (Å²) in [4.78, 5) is 0. The quantitative estimate of drug-likeness (QED) is 0.457. The minimum atomic E-state index is 0. The molecule has 0 aromatic rings. The second-order valence-electron chi connectivity index (χ2n) is 2.44. The first-order chi connectivity index (χ1) is 5.79. The van der Waals surface area contributed by atoms with E-state index in [2.05, 4.69) is 18.5 Å². The van der Waals surface area contributed by atoms with E-state index in [1.165, 1.54) is 11.3 Å². The molecule has 0 spiro atoms. The Balaban J connectivity index is 0.000000206. The van der Waals surface area contributed by atoms with E-state index >= 15 is 0 Å². The van der Waals surface area contributed by atoms with Crippen molar-refractivity contribution < 1.29 is 17.1 Å². The normalized spacial score (nSPS) is 23.5. The Morgan fingerprint density at radius 1 is 0.615 bits per heavy atom. The van der Waals surface area contributed by atoms with E-state index < -0.39 is 0 Å². The Morgan fingerprint density at radius 2 is 0.846 bits per heavy atom. The van der Waals surface area contributed by atoms with Crippen LogP contribution in [0.3, 0.4) is 0 Å². The molecule has 0 aromatic carbocycles. The van der Waals surface area contributed by atoms with Crippen LogP contribution in [-0.4, -0.2) is 0 Å². The van der Waals surface area contributed by atoms with E-state index in [1.807, 2.05) is 51.4 Å². The molecule has 0 bridgehead atoms. The molecule has 0 heterocycles. The summed E-state index contributed by atoms with van der Waals surface area (Å²) in [7, 11) is 5.23. The first-order valence-corrected chi connectivity index (χ1v) is 4.89. The predicted octanol–water partition coefficient (Wildman–Crippen LogP) is 2.45. The molecule has 10 radical (unpaired) electrons. The van der Waals surface area contributed by atoms with Crippen LogP contribution in [0, 0.1) is 62.7 Å². The molecule has 0 N–H and O–H groups in total. The van der Waals surface area contributed by atoms with Gasteiger partial charge in [0, 0.05) is 28.4 Å². The van der Waals surface area contributed by atoms with E-state index in [0.29, 0.717) is 0 Å². The average Bonchev–Trinajstić information content (AvgIpc) is 2.63. The first kappa shape index (κ1) is 14.4. The fourth-order valence-electron chi connectivity index (χ4n) is 0.778. The van der Waals surface area contributed by atoms with E-state index in [9.17, 15) is 0 Å². The van der Waals surface area contributed by atoms with Gasteiger partial charge in [-0.15, -0.1) is 18.5 Å². The van der Waals surface area contributed by atoms with Gasteiger partial charge in [-0.2, -0.15) is 0 Å². The van der Waals surface area contributed by atoms with Crippen LogP contribution >= 0.6 is 18.5 Å². The van der Waals surface area contributed by atoms with Gasteiger partial charge in [-0.05, 0) is 51.4 Å².